The van der Waals surface area contributed by atoms with E-state index in [2.05, 4.69) is 25.8 Å². The van der Waals surface area contributed by atoms with Gasteiger partial charge in [0, 0.05) is 67.8 Å². The number of benzene rings is 1. The number of aliphatic carboxylic acids is 1. The van der Waals surface area contributed by atoms with Crippen LogP contribution in [-0.4, -0.2) is 57.0 Å². The summed E-state index contributed by atoms with van der Waals surface area (Å²) in [6.45, 7) is 4.02. The van der Waals surface area contributed by atoms with Gasteiger partial charge in [-0.05, 0) is 17.7 Å². The molecule has 1 fully saturated rings. The molecular weight excluding hydrogens is 328 g/mol. The first-order chi connectivity index (χ1) is 12.7. The molecule has 2 aromatic heterocycles. The minimum absolute atomic E-state index is 0.619. The summed E-state index contributed by atoms with van der Waals surface area (Å²) in [7, 11) is 0. The molecule has 1 aliphatic heterocycles. The average molecular weight is 350 g/mol. The van der Waals surface area contributed by atoms with E-state index < -0.39 is 12.0 Å². The molecule has 0 radical (unpaired) electrons. The van der Waals surface area contributed by atoms with Crippen LogP contribution in [0.3, 0.4) is 0 Å². The Morgan fingerprint density at radius 2 is 1.96 bits per heavy atom. The molecule has 0 bridgehead atoms. The molecule has 26 heavy (non-hydrogen) atoms. The van der Waals surface area contributed by atoms with Crippen molar-refractivity contribution in [2.45, 2.75) is 12.6 Å². The van der Waals surface area contributed by atoms with E-state index in [1.807, 2.05) is 42.7 Å². The Balaban J connectivity index is 1.48. The Hall–Kier alpha value is -2.70. The topological polar surface area (TPSA) is 72.5 Å². The fraction of sp³-hybridized carbons (Fsp3) is 0.300. The third-order valence-electron chi connectivity index (χ3n) is 5.05. The zero-order valence-corrected chi connectivity index (χ0v) is 14.5. The average Bonchev–Trinajstić information content (AvgIpc) is 3.08. The molecule has 1 atom stereocenters. The van der Waals surface area contributed by atoms with Gasteiger partial charge in [0.2, 0.25) is 0 Å². The van der Waals surface area contributed by atoms with Crippen molar-refractivity contribution in [1.29, 1.82) is 0 Å². The maximum absolute atomic E-state index is 12.0. The Bertz CT molecular complexity index is 885. The first-order valence-electron chi connectivity index (χ1n) is 8.86. The van der Waals surface area contributed by atoms with Gasteiger partial charge in [0.05, 0.1) is 0 Å². The van der Waals surface area contributed by atoms with E-state index in [1.165, 1.54) is 5.56 Å². The van der Waals surface area contributed by atoms with Crippen molar-refractivity contribution in [3.8, 4) is 0 Å². The van der Waals surface area contributed by atoms with Gasteiger partial charge in [0.15, 0.2) is 0 Å². The molecule has 134 valence electrons. The van der Waals surface area contributed by atoms with Crippen molar-refractivity contribution in [2.75, 3.05) is 26.2 Å². The van der Waals surface area contributed by atoms with Gasteiger partial charge in [0.25, 0.3) is 0 Å². The van der Waals surface area contributed by atoms with E-state index in [1.54, 1.807) is 6.20 Å². The van der Waals surface area contributed by atoms with E-state index in [4.69, 9.17) is 0 Å². The highest BCUT2D eigenvalue weighted by molar-refractivity contribution is 5.89. The van der Waals surface area contributed by atoms with Crippen molar-refractivity contribution in [3.05, 3.63) is 66.1 Å². The molecule has 2 N–H and O–H groups in total. The fourth-order valence-corrected chi connectivity index (χ4v) is 3.74. The smallest absolute Gasteiger partial charge is 0.325 e. The second-order valence-corrected chi connectivity index (χ2v) is 6.70. The zero-order valence-electron chi connectivity index (χ0n) is 14.5. The number of carboxylic acids is 1. The maximum Gasteiger partial charge on any atom is 0.325 e. The monoisotopic (exact) mass is 350 g/mol. The van der Waals surface area contributed by atoms with E-state index >= 15 is 0 Å². The van der Waals surface area contributed by atoms with Crippen molar-refractivity contribution >= 4 is 16.9 Å². The number of pyridine rings is 1. The highest BCUT2D eigenvalue weighted by Crippen LogP contribution is 2.29. The molecule has 6 heteroatoms. The molecule has 0 aliphatic carbocycles. The molecule has 4 rings (SSSR count). The number of carbonyl (C=O) groups is 1. The van der Waals surface area contributed by atoms with E-state index in [-0.39, 0.29) is 0 Å². The third kappa shape index (κ3) is 3.34. The Labute approximate surface area is 152 Å². The van der Waals surface area contributed by atoms with Crippen LogP contribution in [0.4, 0.5) is 0 Å². The van der Waals surface area contributed by atoms with Crippen molar-refractivity contribution < 1.29 is 9.90 Å². The summed E-state index contributed by atoms with van der Waals surface area (Å²) in [5.74, 6) is -0.796. The summed E-state index contributed by atoms with van der Waals surface area (Å²) in [4.78, 5) is 23.8. The number of hydrogen-bond donors (Lipinski definition) is 2. The minimum atomic E-state index is -0.796. The number of para-hydroxylation sites is 1. The highest BCUT2D eigenvalue weighted by Gasteiger charge is 2.32. The zero-order chi connectivity index (χ0) is 17.9. The molecule has 3 heterocycles. The van der Waals surface area contributed by atoms with Gasteiger partial charge in [-0.3, -0.25) is 19.6 Å². The Morgan fingerprint density at radius 3 is 2.69 bits per heavy atom. The number of H-pyrrole nitrogens is 1. The van der Waals surface area contributed by atoms with Gasteiger partial charge in [0.1, 0.15) is 6.04 Å². The Morgan fingerprint density at radius 1 is 1.15 bits per heavy atom. The molecule has 1 aliphatic rings. The summed E-state index contributed by atoms with van der Waals surface area (Å²) in [6.07, 6.45) is 5.50. The van der Waals surface area contributed by atoms with Crippen LogP contribution in [0.2, 0.25) is 0 Å². The molecular formula is C20H22N4O2. The van der Waals surface area contributed by atoms with Gasteiger partial charge in [-0.15, -0.1) is 0 Å². The number of fused-ring (bicyclic) bond motifs is 1. The van der Waals surface area contributed by atoms with E-state index in [0.29, 0.717) is 0 Å². The maximum atomic E-state index is 12.0. The number of aromatic amines is 1. The van der Waals surface area contributed by atoms with Crippen LogP contribution in [0.25, 0.3) is 10.9 Å². The molecule has 1 saturated heterocycles. The molecule has 6 nitrogen and oxygen atoms in total. The predicted octanol–water partition coefficient (Wildman–Crippen LogP) is 2.51. The highest BCUT2D eigenvalue weighted by atomic mass is 16.4. The SMILES string of the molecule is O=C(O)C(c1c[nH]c2ccccc12)N1CCN(Cc2cccnc2)CC1. The molecule has 1 aromatic carbocycles. The number of aromatic nitrogens is 2. The van der Waals surface area contributed by atoms with Crippen LogP contribution in [0, 0.1) is 0 Å². The predicted molar refractivity (Wildman–Crippen MR) is 99.8 cm³/mol. The summed E-state index contributed by atoms with van der Waals surface area (Å²) < 4.78 is 0. The van der Waals surface area contributed by atoms with Crippen LogP contribution in [0.15, 0.2) is 55.0 Å². The first-order valence-corrected chi connectivity index (χ1v) is 8.86. The van der Waals surface area contributed by atoms with Crippen LogP contribution < -0.4 is 0 Å². The second kappa shape index (κ2) is 7.27. The summed E-state index contributed by atoms with van der Waals surface area (Å²) in [6, 6.07) is 11.3. The number of piperazine rings is 1. The van der Waals surface area contributed by atoms with Gasteiger partial charge >= 0.3 is 5.97 Å². The van der Waals surface area contributed by atoms with Gasteiger partial charge < -0.3 is 10.1 Å². The van der Waals surface area contributed by atoms with Crippen LogP contribution in [0.5, 0.6) is 0 Å². The standard InChI is InChI=1S/C20H22N4O2/c25-20(26)19(17-13-22-18-6-2-1-5-16(17)18)24-10-8-23(9-11-24)14-15-4-3-7-21-12-15/h1-7,12-13,19,22H,8-11,14H2,(H,25,26). The largest absolute Gasteiger partial charge is 0.480 e. The fourth-order valence-electron chi connectivity index (χ4n) is 3.74. The first kappa shape index (κ1) is 16.8. The van der Waals surface area contributed by atoms with Crippen molar-refractivity contribution in [2.24, 2.45) is 0 Å². The molecule has 1 unspecified atom stereocenters. The lowest BCUT2D eigenvalue weighted by Crippen LogP contribution is -2.48. The lowest BCUT2D eigenvalue weighted by Gasteiger charge is -2.37. The summed E-state index contributed by atoms with van der Waals surface area (Å²) in [5.41, 5.74) is 3.00. The Kier molecular flexibility index (Phi) is 4.69. The number of nitrogens with one attached hydrogen (secondary N) is 1. The van der Waals surface area contributed by atoms with E-state index in [0.717, 1.165) is 49.2 Å². The second-order valence-electron chi connectivity index (χ2n) is 6.70. The molecule has 3 aromatic rings. The number of carboxylic acid groups (broad SMARTS) is 1. The lowest BCUT2D eigenvalue weighted by molar-refractivity contribution is -0.144. The normalized spacial score (nSPS) is 17.4. The van der Waals surface area contributed by atoms with Crippen LogP contribution >= 0.6 is 0 Å². The summed E-state index contributed by atoms with van der Waals surface area (Å²) >= 11 is 0. The van der Waals surface area contributed by atoms with E-state index in [9.17, 15) is 9.90 Å². The molecule has 0 spiro atoms. The van der Waals surface area contributed by atoms with Gasteiger partial charge in [-0.2, -0.15) is 0 Å². The lowest BCUT2D eigenvalue weighted by atomic mass is 10.0. The molecule has 0 saturated carbocycles. The quantitative estimate of drug-likeness (QED) is 0.740. The van der Waals surface area contributed by atoms with Crippen molar-refractivity contribution in [3.63, 3.8) is 0 Å². The van der Waals surface area contributed by atoms with Crippen LogP contribution in [-0.2, 0) is 11.3 Å². The van der Waals surface area contributed by atoms with Crippen LogP contribution in [0.1, 0.15) is 17.2 Å². The summed E-state index contributed by atoms with van der Waals surface area (Å²) in [5, 5.41) is 10.9. The number of nitrogens with zero attached hydrogens (tertiary/aromatic N) is 3. The number of hydrogen-bond acceptors (Lipinski definition) is 4. The minimum Gasteiger partial charge on any atom is -0.480 e. The number of rotatable bonds is 5. The van der Waals surface area contributed by atoms with Gasteiger partial charge in [-0.1, -0.05) is 24.3 Å². The van der Waals surface area contributed by atoms with Crippen molar-refractivity contribution in [1.82, 2.24) is 19.8 Å². The third-order valence-corrected chi connectivity index (χ3v) is 5.05. The van der Waals surface area contributed by atoms with Gasteiger partial charge in [-0.25, -0.2) is 0 Å². The molecule has 0 amide bonds.